The van der Waals surface area contributed by atoms with E-state index in [4.69, 9.17) is 5.11 Å². The lowest BCUT2D eigenvalue weighted by molar-refractivity contribution is -0.141. The van der Waals surface area contributed by atoms with E-state index in [1.54, 1.807) is 0 Å². The van der Waals surface area contributed by atoms with Gasteiger partial charge in [0, 0.05) is 18.0 Å². The predicted octanol–water partition coefficient (Wildman–Crippen LogP) is 0.744. The topological polar surface area (TPSA) is 78.4 Å². The molecule has 1 saturated carbocycles. The van der Waals surface area contributed by atoms with E-state index in [9.17, 15) is 9.59 Å². The lowest BCUT2D eigenvalue weighted by Crippen LogP contribution is -2.44. The second kappa shape index (κ2) is 5.69. The Morgan fingerprint density at radius 2 is 1.94 bits per heavy atom. The number of amides is 1. The Morgan fingerprint density at radius 1 is 1.17 bits per heavy atom. The van der Waals surface area contributed by atoms with Crippen molar-refractivity contribution in [1.82, 2.24) is 10.6 Å². The summed E-state index contributed by atoms with van der Waals surface area (Å²) in [5, 5.41) is 15.3. The normalized spacial score (nSPS) is 36.3. The van der Waals surface area contributed by atoms with Gasteiger partial charge in [-0.1, -0.05) is 0 Å². The third-order valence-electron chi connectivity index (χ3n) is 4.12. The minimum atomic E-state index is -0.734. The summed E-state index contributed by atoms with van der Waals surface area (Å²) in [7, 11) is 0. The van der Waals surface area contributed by atoms with Crippen LogP contribution in [0.1, 0.15) is 39.0 Å². The first-order valence-electron chi connectivity index (χ1n) is 6.83. The van der Waals surface area contributed by atoms with E-state index < -0.39 is 5.97 Å². The molecule has 5 nitrogen and oxygen atoms in total. The van der Waals surface area contributed by atoms with Gasteiger partial charge in [0.15, 0.2) is 0 Å². The van der Waals surface area contributed by atoms with Crippen LogP contribution >= 0.6 is 0 Å². The van der Waals surface area contributed by atoms with E-state index in [0.717, 1.165) is 25.8 Å². The standard InChI is InChI=1S/C13H22N2O3/c1-8-6-9(4-5-14-8)12(16)15-11-3-2-10(7-11)13(17)18/h8-11,14H,2-7H2,1H3,(H,15,16)(H,17,18)/t8?,9?,10-,11+/m1/s1. The third-order valence-corrected chi connectivity index (χ3v) is 4.12. The largest absolute Gasteiger partial charge is 0.481 e. The molecular formula is C13H22N2O3. The SMILES string of the molecule is CC1CC(C(=O)N[C@H]2CC[C@@H](C(=O)O)C2)CCN1. The van der Waals surface area contributed by atoms with E-state index in [2.05, 4.69) is 17.6 Å². The first kappa shape index (κ1) is 13.3. The molecule has 102 valence electrons. The van der Waals surface area contributed by atoms with Crippen LogP contribution in [0, 0.1) is 11.8 Å². The summed E-state index contributed by atoms with van der Waals surface area (Å²) in [6.45, 7) is 2.98. The first-order valence-corrected chi connectivity index (χ1v) is 6.83. The molecular weight excluding hydrogens is 232 g/mol. The zero-order chi connectivity index (χ0) is 13.1. The Kier molecular flexibility index (Phi) is 4.22. The Bertz CT molecular complexity index is 332. The summed E-state index contributed by atoms with van der Waals surface area (Å²) in [5.74, 6) is -0.811. The Morgan fingerprint density at radius 3 is 2.56 bits per heavy atom. The molecule has 3 N–H and O–H groups in total. The number of hydrogen-bond donors (Lipinski definition) is 3. The summed E-state index contributed by atoms with van der Waals surface area (Å²) in [4.78, 5) is 22.9. The van der Waals surface area contributed by atoms with Crippen LogP contribution < -0.4 is 10.6 Å². The van der Waals surface area contributed by atoms with Gasteiger partial charge in [0.2, 0.25) is 5.91 Å². The molecule has 2 unspecified atom stereocenters. The van der Waals surface area contributed by atoms with Gasteiger partial charge in [-0.2, -0.15) is 0 Å². The van der Waals surface area contributed by atoms with Crippen LogP contribution in [0.3, 0.4) is 0 Å². The maximum absolute atomic E-state index is 12.1. The molecule has 4 atom stereocenters. The number of aliphatic carboxylic acids is 1. The fraction of sp³-hybridized carbons (Fsp3) is 0.846. The molecule has 2 aliphatic rings. The smallest absolute Gasteiger partial charge is 0.306 e. The van der Waals surface area contributed by atoms with Crippen molar-refractivity contribution in [3.05, 3.63) is 0 Å². The fourth-order valence-corrected chi connectivity index (χ4v) is 3.03. The monoisotopic (exact) mass is 254 g/mol. The summed E-state index contributed by atoms with van der Waals surface area (Å²) >= 11 is 0. The molecule has 5 heteroatoms. The molecule has 0 aromatic carbocycles. The fourth-order valence-electron chi connectivity index (χ4n) is 3.03. The number of carbonyl (C=O) groups is 2. The van der Waals surface area contributed by atoms with Crippen LogP contribution in [-0.2, 0) is 9.59 Å². The van der Waals surface area contributed by atoms with Gasteiger partial charge in [0.25, 0.3) is 0 Å². The number of hydrogen-bond acceptors (Lipinski definition) is 3. The molecule has 18 heavy (non-hydrogen) atoms. The molecule has 0 aromatic rings. The van der Waals surface area contributed by atoms with Crippen molar-refractivity contribution in [2.75, 3.05) is 6.54 Å². The highest BCUT2D eigenvalue weighted by molar-refractivity contribution is 5.79. The van der Waals surface area contributed by atoms with Gasteiger partial charge in [-0.05, 0) is 45.6 Å². The average molecular weight is 254 g/mol. The van der Waals surface area contributed by atoms with Crippen LogP contribution in [0.5, 0.6) is 0 Å². The van der Waals surface area contributed by atoms with Crippen molar-refractivity contribution in [2.24, 2.45) is 11.8 Å². The highest BCUT2D eigenvalue weighted by Crippen LogP contribution is 2.26. The second-order valence-corrected chi connectivity index (χ2v) is 5.63. The van der Waals surface area contributed by atoms with E-state index in [-0.39, 0.29) is 23.8 Å². The van der Waals surface area contributed by atoms with Crippen LogP contribution in [-0.4, -0.2) is 35.6 Å². The lowest BCUT2D eigenvalue weighted by Gasteiger charge is -2.28. The van der Waals surface area contributed by atoms with Gasteiger partial charge < -0.3 is 15.7 Å². The van der Waals surface area contributed by atoms with Crippen molar-refractivity contribution in [1.29, 1.82) is 0 Å². The average Bonchev–Trinajstić information content (AvgIpc) is 2.77. The van der Waals surface area contributed by atoms with Crippen molar-refractivity contribution in [2.45, 2.75) is 51.1 Å². The molecule has 0 spiro atoms. The molecule has 0 aromatic heterocycles. The maximum atomic E-state index is 12.1. The van der Waals surface area contributed by atoms with Gasteiger partial charge in [-0.25, -0.2) is 0 Å². The molecule has 1 aliphatic heterocycles. The molecule has 2 fully saturated rings. The van der Waals surface area contributed by atoms with Crippen LogP contribution in [0.15, 0.2) is 0 Å². The minimum absolute atomic E-state index is 0.0591. The molecule has 2 rings (SSSR count). The number of carboxylic acids is 1. The van der Waals surface area contributed by atoms with E-state index in [0.29, 0.717) is 18.9 Å². The predicted molar refractivity (Wildman–Crippen MR) is 67.1 cm³/mol. The summed E-state index contributed by atoms with van der Waals surface area (Å²) in [6.07, 6.45) is 3.82. The van der Waals surface area contributed by atoms with Gasteiger partial charge in [-0.15, -0.1) is 0 Å². The zero-order valence-corrected chi connectivity index (χ0v) is 10.8. The Hall–Kier alpha value is -1.10. The maximum Gasteiger partial charge on any atom is 0.306 e. The molecule has 0 radical (unpaired) electrons. The zero-order valence-electron chi connectivity index (χ0n) is 10.8. The second-order valence-electron chi connectivity index (χ2n) is 5.63. The number of carboxylic acid groups (broad SMARTS) is 1. The van der Waals surface area contributed by atoms with Gasteiger partial charge in [0.1, 0.15) is 0 Å². The molecule has 1 amide bonds. The molecule has 1 heterocycles. The minimum Gasteiger partial charge on any atom is -0.481 e. The van der Waals surface area contributed by atoms with Gasteiger partial charge in [0.05, 0.1) is 5.92 Å². The number of nitrogens with one attached hydrogen (secondary N) is 2. The molecule has 0 bridgehead atoms. The van der Waals surface area contributed by atoms with Crippen molar-refractivity contribution in [3.8, 4) is 0 Å². The van der Waals surface area contributed by atoms with E-state index in [1.807, 2.05) is 0 Å². The van der Waals surface area contributed by atoms with Crippen LogP contribution in [0.4, 0.5) is 0 Å². The first-order chi connectivity index (χ1) is 8.56. The molecule has 1 aliphatic carbocycles. The quantitative estimate of drug-likeness (QED) is 0.694. The summed E-state index contributed by atoms with van der Waals surface area (Å²) in [6, 6.07) is 0.452. The highest BCUT2D eigenvalue weighted by Gasteiger charge is 2.32. The van der Waals surface area contributed by atoms with Crippen molar-refractivity contribution >= 4 is 11.9 Å². The number of rotatable bonds is 3. The van der Waals surface area contributed by atoms with Crippen molar-refractivity contribution < 1.29 is 14.7 Å². The summed E-state index contributed by atoms with van der Waals surface area (Å²) < 4.78 is 0. The van der Waals surface area contributed by atoms with Gasteiger partial charge >= 0.3 is 5.97 Å². The van der Waals surface area contributed by atoms with Crippen molar-refractivity contribution in [3.63, 3.8) is 0 Å². The van der Waals surface area contributed by atoms with Crippen LogP contribution in [0.2, 0.25) is 0 Å². The Labute approximate surface area is 107 Å². The number of carbonyl (C=O) groups excluding carboxylic acids is 1. The van der Waals surface area contributed by atoms with E-state index in [1.165, 1.54) is 0 Å². The molecule has 1 saturated heterocycles. The van der Waals surface area contributed by atoms with Crippen LogP contribution in [0.25, 0.3) is 0 Å². The van der Waals surface area contributed by atoms with Gasteiger partial charge in [-0.3, -0.25) is 9.59 Å². The lowest BCUT2D eigenvalue weighted by atomic mass is 9.92. The Balaban J connectivity index is 1.79. The third kappa shape index (κ3) is 3.22. The summed E-state index contributed by atoms with van der Waals surface area (Å²) in [5.41, 5.74) is 0. The number of piperidine rings is 1. The highest BCUT2D eigenvalue weighted by atomic mass is 16.4. The van der Waals surface area contributed by atoms with E-state index >= 15 is 0 Å².